The van der Waals surface area contributed by atoms with Gasteiger partial charge in [0.2, 0.25) is 0 Å². The Morgan fingerprint density at radius 2 is 1.74 bits per heavy atom. The van der Waals surface area contributed by atoms with Gasteiger partial charge >= 0.3 is 0 Å². The molecule has 0 amide bonds. The summed E-state index contributed by atoms with van der Waals surface area (Å²) in [5.74, 6) is 1.78. The Kier molecular flexibility index (Phi) is 7.60. The second-order valence-corrected chi connectivity index (χ2v) is 8.73. The van der Waals surface area contributed by atoms with E-state index in [1.54, 1.807) is 0 Å². The molecule has 2 aromatic carbocycles. The molecule has 2 nitrogen and oxygen atoms in total. The fourth-order valence-corrected chi connectivity index (χ4v) is 4.60. The Balaban J connectivity index is 1.52. The molecule has 0 radical (unpaired) electrons. The van der Waals surface area contributed by atoms with Gasteiger partial charge in [-0.15, -0.1) is 0 Å². The smallest absolute Gasteiger partial charge is 0.0595 e. The topological polar surface area (TPSA) is 29.3 Å². The van der Waals surface area contributed by atoms with Crippen LogP contribution in [0.2, 0.25) is 10.0 Å². The molecule has 4 heteroatoms. The monoisotopic (exact) mass is 404 g/mol. The molecule has 27 heavy (non-hydrogen) atoms. The lowest BCUT2D eigenvalue weighted by Crippen LogP contribution is -2.35. The van der Waals surface area contributed by atoms with Crippen LogP contribution in [0.5, 0.6) is 0 Å². The number of rotatable bonds is 7. The van der Waals surface area contributed by atoms with Gasteiger partial charge in [0.05, 0.1) is 10.0 Å². The lowest BCUT2D eigenvalue weighted by molar-refractivity contribution is 0.140. The number of nitrogens with two attached hydrogens (primary N) is 1. The highest BCUT2D eigenvalue weighted by atomic mass is 35.5. The van der Waals surface area contributed by atoms with Gasteiger partial charge in [-0.2, -0.15) is 0 Å². The van der Waals surface area contributed by atoms with Gasteiger partial charge in [0.15, 0.2) is 0 Å². The molecule has 1 aliphatic rings. The summed E-state index contributed by atoms with van der Waals surface area (Å²) < 4.78 is 0. The van der Waals surface area contributed by atoms with Crippen molar-refractivity contribution in [2.75, 3.05) is 19.6 Å². The van der Waals surface area contributed by atoms with Crippen molar-refractivity contribution in [2.45, 2.75) is 38.6 Å². The summed E-state index contributed by atoms with van der Waals surface area (Å²) in [6.45, 7) is 6.47. The molecule has 1 heterocycles. The Morgan fingerprint density at radius 1 is 1.04 bits per heavy atom. The first-order valence-electron chi connectivity index (χ1n) is 9.98. The number of benzene rings is 2. The molecule has 0 spiro atoms. The van der Waals surface area contributed by atoms with Crippen LogP contribution in [0.25, 0.3) is 0 Å². The van der Waals surface area contributed by atoms with E-state index in [0.717, 1.165) is 18.9 Å². The number of hydrogen-bond acceptors (Lipinski definition) is 2. The van der Waals surface area contributed by atoms with E-state index in [-0.39, 0.29) is 0 Å². The van der Waals surface area contributed by atoms with Crippen molar-refractivity contribution >= 4 is 23.2 Å². The van der Waals surface area contributed by atoms with Crippen LogP contribution in [0.1, 0.15) is 43.2 Å². The molecule has 0 aliphatic carbocycles. The number of piperidine rings is 1. The van der Waals surface area contributed by atoms with Crippen LogP contribution in [0.3, 0.4) is 0 Å². The maximum atomic E-state index is 6.20. The Bertz CT molecular complexity index is 712. The fourth-order valence-electron chi connectivity index (χ4n) is 4.30. The van der Waals surface area contributed by atoms with Gasteiger partial charge in [0.1, 0.15) is 0 Å². The van der Waals surface area contributed by atoms with Gasteiger partial charge in [-0.05, 0) is 79.9 Å². The molecule has 2 atom stereocenters. The quantitative estimate of drug-likeness (QED) is 0.615. The van der Waals surface area contributed by atoms with E-state index in [1.807, 2.05) is 12.1 Å². The summed E-state index contributed by atoms with van der Waals surface area (Å²) in [6, 6.07) is 16.7. The SMILES string of the molecule is CC(CC(CN)c1ccc(Cl)c(Cl)c1)C1CCN(Cc2ccccc2)CC1. The zero-order valence-electron chi connectivity index (χ0n) is 16.1. The second-order valence-electron chi connectivity index (χ2n) is 7.92. The van der Waals surface area contributed by atoms with Crippen molar-refractivity contribution < 1.29 is 0 Å². The van der Waals surface area contributed by atoms with E-state index in [1.165, 1.54) is 37.1 Å². The molecule has 0 saturated carbocycles. The summed E-state index contributed by atoms with van der Waals surface area (Å²) in [6.07, 6.45) is 3.65. The lowest BCUT2D eigenvalue weighted by Gasteiger charge is -2.36. The van der Waals surface area contributed by atoms with E-state index in [0.29, 0.717) is 28.4 Å². The maximum Gasteiger partial charge on any atom is 0.0595 e. The van der Waals surface area contributed by atoms with E-state index in [2.05, 4.69) is 48.2 Å². The van der Waals surface area contributed by atoms with Crippen molar-refractivity contribution in [3.63, 3.8) is 0 Å². The largest absolute Gasteiger partial charge is 0.330 e. The minimum atomic E-state index is 0.345. The van der Waals surface area contributed by atoms with E-state index in [9.17, 15) is 0 Å². The zero-order chi connectivity index (χ0) is 19.2. The van der Waals surface area contributed by atoms with E-state index in [4.69, 9.17) is 28.9 Å². The number of likely N-dealkylation sites (tertiary alicyclic amines) is 1. The Hall–Kier alpha value is -1.06. The standard InChI is InChI=1S/C23H30Cl2N2/c1-17(13-21(15-26)20-7-8-22(24)23(25)14-20)19-9-11-27(12-10-19)16-18-5-3-2-4-6-18/h2-8,14,17,19,21H,9-13,15-16,26H2,1H3. The fraction of sp³-hybridized carbons (Fsp3) is 0.478. The van der Waals surface area contributed by atoms with Gasteiger partial charge in [-0.1, -0.05) is 66.5 Å². The summed E-state index contributed by atoms with van der Waals surface area (Å²) in [5.41, 5.74) is 8.71. The summed E-state index contributed by atoms with van der Waals surface area (Å²) in [7, 11) is 0. The Morgan fingerprint density at radius 3 is 2.37 bits per heavy atom. The maximum absolute atomic E-state index is 6.20. The predicted octanol–water partition coefficient (Wildman–Crippen LogP) is 5.97. The van der Waals surface area contributed by atoms with Gasteiger partial charge in [-0.3, -0.25) is 4.90 Å². The average molecular weight is 405 g/mol. The minimum Gasteiger partial charge on any atom is -0.330 e. The summed E-state index contributed by atoms with van der Waals surface area (Å²) in [5, 5.41) is 1.23. The average Bonchev–Trinajstić information content (AvgIpc) is 2.69. The molecule has 0 bridgehead atoms. The van der Waals surface area contributed by atoms with E-state index >= 15 is 0 Å². The van der Waals surface area contributed by atoms with Crippen molar-refractivity contribution in [3.8, 4) is 0 Å². The Labute approximate surface area is 173 Å². The molecule has 0 aromatic heterocycles. The third-order valence-electron chi connectivity index (χ3n) is 6.04. The molecule has 1 aliphatic heterocycles. The van der Waals surface area contributed by atoms with Gasteiger partial charge in [0.25, 0.3) is 0 Å². The minimum absolute atomic E-state index is 0.345. The second kappa shape index (κ2) is 9.93. The number of hydrogen-bond donors (Lipinski definition) is 1. The highest BCUT2D eigenvalue weighted by molar-refractivity contribution is 6.42. The van der Waals surface area contributed by atoms with E-state index < -0.39 is 0 Å². The molecular weight excluding hydrogens is 375 g/mol. The molecule has 2 aromatic rings. The third-order valence-corrected chi connectivity index (χ3v) is 6.78. The van der Waals surface area contributed by atoms with Crippen LogP contribution in [0.4, 0.5) is 0 Å². The molecule has 2 N–H and O–H groups in total. The first-order valence-corrected chi connectivity index (χ1v) is 10.7. The zero-order valence-corrected chi connectivity index (χ0v) is 17.6. The van der Waals surface area contributed by atoms with Crippen molar-refractivity contribution in [2.24, 2.45) is 17.6 Å². The molecule has 2 unspecified atom stereocenters. The van der Waals surface area contributed by atoms with Crippen molar-refractivity contribution in [3.05, 3.63) is 69.7 Å². The van der Waals surface area contributed by atoms with Crippen LogP contribution in [0, 0.1) is 11.8 Å². The van der Waals surface area contributed by atoms with Crippen LogP contribution < -0.4 is 5.73 Å². The van der Waals surface area contributed by atoms with Gasteiger partial charge < -0.3 is 5.73 Å². The first kappa shape index (κ1) is 20.7. The normalized spacial score (nSPS) is 18.4. The van der Waals surface area contributed by atoms with Crippen LogP contribution in [0.15, 0.2) is 48.5 Å². The lowest BCUT2D eigenvalue weighted by atomic mass is 9.78. The summed E-state index contributed by atoms with van der Waals surface area (Å²) >= 11 is 12.3. The molecular formula is C23H30Cl2N2. The number of halogens is 2. The van der Waals surface area contributed by atoms with Crippen LogP contribution in [-0.4, -0.2) is 24.5 Å². The molecule has 146 valence electrons. The van der Waals surface area contributed by atoms with Gasteiger partial charge in [-0.25, -0.2) is 0 Å². The van der Waals surface area contributed by atoms with Crippen molar-refractivity contribution in [1.82, 2.24) is 4.90 Å². The third kappa shape index (κ3) is 5.71. The number of nitrogens with zero attached hydrogens (tertiary/aromatic N) is 1. The molecule has 3 rings (SSSR count). The van der Waals surface area contributed by atoms with Gasteiger partial charge in [0, 0.05) is 6.54 Å². The predicted molar refractivity (Wildman–Crippen MR) is 116 cm³/mol. The van der Waals surface area contributed by atoms with Crippen LogP contribution >= 0.6 is 23.2 Å². The summed E-state index contributed by atoms with van der Waals surface area (Å²) in [4.78, 5) is 2.58. The molecule has 1 fully saturated rings. The molecule has 1 saturated heterocycles. The van der Waals surface area contributed by atoms with Crippen molar-refractivity contribution in [1.29, 1.82) is 0 Å². The van der Waals surface area contributed by atoms with Crippen LogP contribution in [-0.2, 0) is 6.54 Å². The highest BCUT2D eigenvalue weighted by Crippen LogP contribution is 2.34. The first-order chi connectivity index (χ1) is 13.1. The highest BCUT2D eigenvalue weighted by Gasteiger charge is 2.26.